The summed E-state index contributed by atoms with van der Waals surface area (Å²) in [4.78, 5) is 20.3. The monoisotopic (exact) mass is 299 g/mol. The van der Waals surface area contributed by atoms with E-state index < -0.39 is 0 Å². The number of hydrogen-bond acceptors (Lipinski definition) is 5. The third kappa shape index (κ3) is 2.62. The van der Waals surface area contributed by atoms with Gasteiger partial charge in [-0.25, -0.2) is 4.98 Å². The van der Waals surface area contributed by atoms with Gasteiger partial charge in [0.25, 0.3) is 5.91 Å². The van der Waals surface area contributed by atoms with Gasteiger partial charge in [-0.2, -0.15) is 10.2 Å². The average molecular weight is 299 g/mol. The van der Waals surface area contributed by atoms with E-state index >= 15 is 0 Å². The van der Waals surface area contributed by atoms with Crippen LogP contribution in [0.1, 0.15) is 22.6 Å². The molecule has 1 aliphatic rings. The lowest BCUT2D eigenvalue weighted by Crippen LogP contribution is -2.44. The second-order valence-corrected chi connectivity index (χ2v) is 5.14. The van der Waals surface area contributed by atoms with Crippen LogP contribution in [0.5, 0.6) is 0 Å². The van der Waals surface area contributed by atoms with Crippen molar-refractivity contribution in [2.24, 2.45) is 0 Å². The Labute approximate surface area is 127 Å². The zero-order valence-electron chi connectivity index (χ0n) is 12.3. The minimum Gasteiger partial charge on any atom is -0.394 e. The molecule has 1 aliphatic heterocycles. The molecule has 1 amide bonds. The molecule has 22 heavy (non-hydrogen) atoms. The summed E-state index contributed by atoms with van der Waals surface area (Å²) in [5, 5.41) is 17.6. The molecule has 7 heteroatoms. The van der Waals surface area contributed by atoms with E-state index in [1.54, 1.807) is 23.4 Å². The second kappa shape index (κ2) is 6.07. The summed E-state index contributed by atoms with van der Waals surface area (Å²) in [5.41, 5.74) is 1.57. The number of aromatic nitrogens is 4. The number of aliphatic hydroxyl groups is 1. The Hall–Kier alpha value is -2.54. The summed E-state index contributed by atoms with van der Waals surface area (Å²) in [6, 6.07) is 3.37. The molecule has 3 heterocycles. The van der Waals surface area contributed by atoms with Gasteiger partial charge in [0.05, 0.1) is 25.0 Å². The molecule has 2 aromatic heterocycles. The molecule has 0 radical (unpaired) electrons. The molecule has 2 aromatic rings. The molecule has 3 rings (SSSR count). The van der Waals surface area contributed by atoms with Gasteiger partial charge in [0.15, 0.2) is 5.69 Å². The Morgan fingerprint density at radius 2 is 2.09 bits per heavy atom. The number of hydrogen-bond donors (Lipinski definition) is 1. The largest absolute Gasteiger partial charge is 0.394 e. The summed E-state index contributed by atoms with van der Waals surface area (Å²) < 4.78 is 0. The maximum atomic E-state index is 12.9. The Bertz CT molecular complexity index is 696. The number of carbonyl (C=O) groups is 1. The first kappa shape index (κ1) is 14.4. The van der Waals surface area contributed by atoms with Gasteiger partial charge in [0.2, 0.25) is 0 Å². The van der Waals surface area contributed by atoms with Crippen molar-refractivity contribution in [3.8, 4) is 5.69 Å². The Morgan fingerprint density at radius 1 is 1.32 bits per heavy atom. The molecule has 7 nitrogen and oxygen atoms in total. The van der Waals surface area contributed by atoms with E-state index in [9.17, 15) is 9.90 Å². The van der Waals surface area contributed by atoms with E-state index in [0.29, 0.717) is 24.3 Å². The molecule has 0 unspecified atom stereocenters. The van der Waals surface area contributed by atoms with Crippen LogP contribution in [0.25, 0.3) is 5.69 Å². The van der Waals surface area contributed by atoms with Crippen molar-refractivity contribution in [1.29, 1.82) is 0 Å². The average Bonchev–Trinajstić information content (AvgIpc) is 3.08. The smallest absolute Gasteiger partial charge is 0.275 e. The van der Waals surface area contributed by atoms with Crippen LogP contribution in [0, 0.1) is 6.92 Å². The first-order chi connectivity index (χ1) is 10.7. The van der Waals surface area contributed by atoms with E-state index in [1.165, 1.54) is 4.80 Å². The highest BCUT2D eigenvalue weighted by molar-refractivity contribution is 5.96. The summed E-state index contributed by atoms with van der Waals surface area (Å²) in [7, 11) is 0. The van der Waals surface area contributed by atoms with E-state index in [0.717, 1.165) is 5.69 Å². The van der Waals surface area contributed by atoms with Crippen molar-refractivity contribution in [3.63, 3.8) is 0 Å². The van der Waals surface area contributed by atoms with Crippen LogP contribution in [0.15, 0.2) is 36.7 Å². The number of aliphatic hydroxyl groups excluding tert-OH is 1. The van der Waals surface area contributed by atoms with Gasteiger partial charge in [-0.3, -0.25) is 4.79 Å². The highest BCUT2D eigenvalue weighted by Crippen LogP contribution is 2.18. The van der Waals surface area contributed by atoms with Gasteiger partial charge in [0.1, 0.15) is 5.69 Å². The van der Waals surface area contributed by atoms with Crippen molar-refractivity contribution >= 4 is 5.91 Å². The van der Waals surface area contributed by atoms with Crippen molar-refractivity contribution < 1.29 is 9.90 Å². The molecule has 0 spiro atoms. The minimum atomic E-state index is -0.224. The molecule has 0 aromatic carbocycles. The molecule has 0 saturated heterocycles. The first-order valence-electron chi connectivity index (χ1n) is 7.12. The van der Waals surface area contributed by atoms with Crippen molar-refractivity contribution in [1.82, 2.24) is 24.9 Å². The van der Waals surface area contributed by atoms with Gasteiger partial charge >= 0.3 is 0 Å². The highest BCUT2D eigenvalue weighted by Gasteiger charge is 2.28. The van der Waals surface area contributed by atoms with Crippen molar-refractivity contribution in [2.75, 3.05) is 13.2 Å². The fourth-order valence-corrected chi connectivity index (χ4v) is 2.48. The molecule has 1 atom stereocenters. The van der Waals surface area contributed by atoms with Crippen LogP contribution < -0.4 is 0 Å². The fraction of sp³-hybridized carbons (Fsp3) is 0.333. The number of rotatable bonds is 3. The quantitative estimate of drug-likeness (QED) is 0.845. The fourth-order valence-electron chi connectivity index (χ4n) is 2.48. The summed E-state index contributed by atoms with van der Waals surface area (Å²) in [6.07, 6.45) is 7.64. The lowest BCUT2D eigenvalue weighted by atomic mass is 10.1. The van der Waals surface area contributed by atoms with Gasteiger partial charge in [-0.1, -0.05) is 12.2 Å². The summed E-state index contributed by atoms with van der Waals surface area (Å²) in [6.45, 7) is 2.22. The predicted octanol–water partition coefficient (Wildman–Crippen LogP) is 0.734. The van der Waals surface area contributed by atoms with E-state index in [-0.39, 0.29) is 18.6 Å². The second-order valence-electron chi connectivity index (χ2n) is 5.14. The molecule has 1 N–H and O–H groups in total. The molecule has 0 aliphatic carbocycles. The molecule has 0 saturated carbocycles. The zero-order chi connectivity index (χ0) is 15.5. The van der Waals surface area contributed by atoms with E-state index in [2.05, 4.69) is 15.2 Å². The minimum absolute atomic E-state index is 0.0722. The topological polar surface area (TPSA) is 84.1 Å². The standard InChI is InChI=1S/C15H17N5O2/c1-11-5-6-13(20-16-7-8-17-20)14(18-11)15(22)19-9-3-2-4-12(19)10-21/h2-3,5-8,12,21H,4,9-10H2,1H3/t12-/m0/s1. The van der Waals surface area contributed by atoms with Crippen LogP contribution in [-0.2, 0) is 0 Å². The Morgan fingerprint density at radius 3 is 2.82 bits per heavy atom. The zero-order valence-corrected chi connectivity index (χ0v) is 12.3. The van der Waals surface area contributed by atoms with Crippen LogP contribution >= 0.6 is 0 Å². The lowest BCUT2D eigenvalue weighted by Gasteiger charge is -2.31. The van der Waals surface area contributed by atoms with Gasteiger partial charge in [0, 0.05) is 12.2 Å². The van der Waals surface area contributed by atoms with Crippen LogP contribution in [-0.4, -0.2) is 55.1 Å². The number of aryl methyl sites for hydroxylation is 1. The summed E-state index contributed by atoms with van der Waals surface area (Å²) >= 11 is 0. The van der Waals surface area contributed by atoms with Gasteiger partial charge in [-0.05, 0) is 25.5 Å². The van der Waals surface area contributed by atoms with Gasteiger partial charge in [-0.15, -0.1) is 4.80 Å². The third-order valence-corrected chi connectivity index (χ3v) is 3.64. The molecule has 0 fully saturated rings. The molecule has 114 valence electrons. The van der Waals surface area contributed by atoms with Crippen LogP contribution in [0.3, 0.4) is 0 Å². The van der Waals surface area contributed by atoms with E-state index in [4.69, 9.17) is 0 Å². The van der Waals surface area contributed by atoms with Crippen molar-refractivity contribution in [3.05, 3.63) is 48.1 Å². The maximum absolute atomic E-state index is 12.9. The predicted molar refractivity (Wildman–Crippen MR) is 79.6 cm³/mol. The van der Waals surface area contributed by atoms with Crippen LogP contribution in [0.4, 0.5) is 0 Å². The van der Waals surface area contributed by atoms with E-state index in [1.807, 2.05) is 25.1 Å². The molecular formula is C15H17N5O2. The number of amides is 1. The Balaban J connectivity index is 2.01. The molecular weight excluding hydrogens is 282 g/mol. The van der Waals surface area contributed by atoms with Gasteiger partial charge < -0.3 is 10.0 Å². The lowest BCUT2D eigenvalue weighted by molar-refractivity contribution is 0.0606. The molecule has 0 bridgehead atoms. The Kier molecular flexibility index (Phi) is 3.97. The SMILES string of the molecule is Cc1ccc(-n2nccn2)c(C(=O)N2CC=CC[C@H]2CO)n1. The third-order valence-electron chi connectivity index (χ3n) is 3.64. The normalized spacial score (nSPS) is 17.7. The van der Waals surface area contributed by atoms with Crippen LogP contribution in [0.2, 0.25) is 0 Å². The number of pyridine rings is 1. The number of nitrogens with zero attached hydrogens (tertiary/aromatic N) is 5. The maximum Gasteiger partial charge on any atom is 0.275 e. The first-order valence-corrected chi connectivity index (χ1v) is 7.12. The van der Waals surface area contributed by atoms with Crippen molar-refractivity contribution in [2.45, 2.75) is 19.4 Å². The highest BCUT2D eigenvalue weighted by atomic mass is 16.3. The summed E-state index contributed by atoms with van der Waals surface area (Å²) in [5.74, 6) is -0.223. The number of carbonyl (C=O) groups excluding carboxylic acids is 1.